The highest BCUT2D eigenvalue weighted by molar-refractivity contribution is 7.89. The smallest absolute Gasteiger partial charge is 0.347 e. The van der Waals surface area contributed by atoms with Crippen molar-refractivity contribution in [3.05, 3.63) is 29.8 Å². The highest BCUT2D eigenvalue weighted by Crippen LogP contribution is 2.20. The van der Waals surface area contributed by atoms with Crippen molar-refractivity contribution in [3.8, 4) is 5.75 Å². The summed E-state index contributed by atoms with van der Waals surface area (Å²) in [5.74, 6) is -0.850. The first-order valence-electron chi connectivity index (χ1n) is 5.29. The number of sulfone groups is 1. The third kappa shape index (κ3) is 4.37. The summed E-state index contributed by atoms with van der Waals surface area (Å²) in [5.41, 5.74) is -0.792. The van der Waals surface area contributed by atoms with Gasteiger partial charge in [0.1, 0.15) is 5.75 Å². The third-order valence-electron chi connectivity index (χ3n) is 2.22. The first kappa shape index (κ1) is 14.5. The highest BCUT2D eigenvalue weighted by atomic mass is 32.2. The Morgan fingerprint density at radius 2 is 2.00 bits per heavy atom. The van der Waals surface area contributed by atoms with Crippen LogP contribution in [0, 0.1) is 0 Å². The second-order valence-corrected chi connectivity index (χ2v) is 6.78. The molecule has 0 aliphatic carbocycles. The second kappa shape index (κ2) is 4.97. The summed E-state index contributed by atoms with van der Waals surface area (Å²) >= 11 is 0. The summed E-state index contributed by atoms with van der Waals surface area (Å²) in [6, 6.07) is 6.41. The molecule has 0 spiro atoms. The quantitative estimate of drug-likeness (QED) is 0.878. The van der Waals surface area contributed by atoms with Gasteiger partial charge < -0.3 is 9.84 Å². The number of ether oxygens (including phenoxy) is 1. The van der Waals surface area contributed by atoms with Crippen molar-refractivity contribution in [2.24, 2.45) is 0 Å². The number of hydrogen-bond donors (Lipinski definition) is 1. The molecule has 1 aromatic carbocycles. The van der Waals surface area contributed by atoms with Crippen LogP contribution in [0.25, 0.3) is 0 Å². The average Bonchev–Trinajstić information content (AvgIpc) is 2.13. The van der Waals surface area contributed by atoms with Crippen molar-refractivity contribution in [1.29, 1.82) is 0 Å². The van der Waals surface area contributed by atoms with E-state index in [4.69, 9.17) is 9.84 Å². The minimum Gasteiger partial charge on any atom is -0.478 e. The van der Waals surface area contributed by atoms with Gasteiger partial charge in [-0.05, 0) is 31.5 Å². The average molecular weight is 272 g/mol. The van der Waals surface area contributed by atoms with Crippen LogP contribution in [0.2, 0.25) is 0 Å². The molecule has 0 saturated heterocycles. The van der Waals surface area contributed by atoms with Crippen LogP contribution in [0.15, 0.2) is 24.3 Å². The molecule has 0 aromatic heterocycles. The maximum Gasteiger partial charge on any atom is 0.347 e. The predicted molar refractivity (Wildman–Crippen MR) is 67.3 cm³/mol. The number of hydrogen-bond acceptors (Lipinski definition) is 4. The van der Waals surface area contributed by atoms with Crippen molar-refractivity contribution in [2.75, 3.05) is 6.26 Å². The van der Waals surface area contributed by atoms with Crippen molar-refractivity contribution < 1.29 is 23.1 Å². The van der Waals surface area contributed by atoms with Gasteiger partial charge in [-0.1, -0.05) is 12.1 Å². The molecule has 5 nitrogen and oxygen atoms in total. The van der Waals surface area contributed by atoms with Crippen LogP contribution >= 0.6 is 0 Å². The minimum atomic E-state index is -3.13. The molecular formula is C12H16O5S. The van der Waals surface area contributed by atoms with E-state index in [1.807, 2.05) is 0 Å². The zero-order chi connectivity index (χ0) is 14.0. The Hall–Kier alpha value is -1.56. The molecular weight excluding hydrogens is 256 g/mol. The number of benzene rings is 1. The van der Waals surface area contributed by atoms with Crippen LogP contribution in [0.4, 0.5) is 0 Å². The molecule has 0 bridgehead atoms. The molecule has 0 aliphatic heterocycles. The van der Waals surface area contributed by atoms with Gasteiger partial charge in [0, 0.05) is 6.26 Å². The van der Waals surface area contributed by atoms with Gasteiger partial charge in [-0.2, -0.15) is 0 Å². The fourth-order valence-corrected chi connectivity index (χ4v) is 2.12. The Bertz CT molecular complexity index is 545. The summed E-state index contributed by atoms with van der Waals surface area (Å²) in [4.78, 5) is 10.9. The zero-order valence-corrected chi connectivity index (χ0v) is 11.3. The molecule has 1 aromatic rings. The lowest BCUT2D eigenvalue weighted by Crippen LogP contribution is -2.37. The number of rotatable bonds is 5. The summed E-state index contributed by atoms with van der Waals surface area (Å²) in [6.45, 7) is 2.86. The van der Waals surface area contributed by atoms with Gasteiger partial charge in [0.05, 0.1) is 5.75 Å². The van der Waals surface area contributed by atoms with E-state index in [1.54, 1.807) is 18.2 Å². The molecule has 100 valence electrons. The van der Waals surface area contributed by atoms with Gasteiger partial charge in [0.15, 0.2) is 15.4 Å². The molecule has 6 heteroatoms. The van der Waals surface area contributed by atoms with Crippen LogP contribution in [-0.2, 0) is 20.4 Å². The predicted octanol–water partition coefficient (Wildman–Crippen LogP) is 1.47. The molecule has 1 rings (SSSR count). The molecule has 18 heavy (non-hydrogen) atoms. The van der Waals surface area contributed by atoms with Gasteiger partial charge in [-0.3, -0.25) is 0 Å². The fraction of sp³-hybridized carbons (Fsp3) is 0.417. The molecule has 0 heterocycles. The Morgan fingerprint density at radius 1 is 1.39 bits per heavy atom. The monoisotopic (exact) mass is 272 g/mol. The summed E-state index contributed by atoms with van der Waals surface area (Å²) in [5, 5.41) is 8.94. The van der Waals surface area contributed by atoms with Crippen molar-refractivity contribution in [3.63, 3.8) is 0 Å². The molecule has 0 aliphatic rings. The Balaban J connectivity index is 2.93. The first-order chi connectivity index (χ1) is 8.10. The number of carboxylic acid groups (broad SMARTS) is 1. The van der Waals surface area contributed by atoms with E-state index < -0.39 is 21.4 Å². The van der Waals surface area contributed by atoms with Gasteiger partial charge in [0.25, 0.3) is 0 Å². The summed E-state index contributed by atoms with van der Waals surface area (Å²) in [7, 11) is -3.13. The molecule has 0 saturated carbocycles. The molecule has 0 atom stereocenters. The van der Waals surface area contributed by atoms with Gasteiger partial charge >= 0.3 is 5.97 Å². The van der Waals surface area contributed by atoms with E-state index in [9.17, 15) is 13.2 Å². The lowest BCUT2D eigenvalue weighted by Gasteiger charge is -2.21. The van der Waals surface area contributed by atoms with E-state index in [-0.39, 0.29) is 5.75 Å². The van der Waals surface area contributed by atoms with E-state index >= 15 is 0 Å². The Labute approximate surface area is 106 Å². The van der Waals surface area contributed by atoms with E-state index in [0.717, 1.165) is 6.26 Å². The van der Waals surface area contributed by atoms with Crippen LogP contribution in [0.3, 0.4) is 0 Å². The normalized spacial score (nSPS) is 12.2. The standard InChI is InChI=1S/C12H16O5S/c1-12(2,11(13)14)17-10-6-4-5-9(7-10)8-18(3,15)16/h4-7H,8H2,1-3H3,(H,13,14). The molecule has 0 fully saturated rings. The lowest BCUT2D eigenvalue weighted by atomic mass is 10.1. The SMILES string of the molecule is CC(C)(Oc1cccc(CS(C)(=O)=O)c1)C(=O)O. The van der Waals surface area contributed by atoms with Crippen molar-refractivity contribution in [2.45, 2.75) is 25.2 Å². The van der Waals surface area contributed by atoms with Crippen molar-refractivity contribution in [1.82, 2.24) is 0 Å². The van der Waals surface area contributed by atoms with Gasteiger partial charge in [0.2, 0.25) is 0 Å². The van der Waals surface area contributed by atoms with Crippen LogP contribution < -0.4 is 4.74 Å². The van der Waals surface area contributed by atoms with Gasteiger partial charge in [-0.25, -0.2) is 13.2 Å². The van der Waals surface area contributed by atoms with E-state index in [0.29, 0.717) is 11.3 Å². The first-order valence-corrected chi connectivity index (χ1v) is 7.35. The lowest BCUT2D eigenvalue weighted by molar-refractivity contribution is -0.152. The topological polar surface area (TPSA) is 80.7 Å². The van der Waals surface area contributed by atoms with E-state index in [1.165, 1.54) is 19.9 Å². The number of carboxylic acids is 1. The van der Waals surface area contributed by atoms with Crippen LogP contribution in [-0.4, -0.2) is 31.4 Å². The number of carbonyl (C=O) groups is 1. The maximum atomic E-state index is 11.2. The Morgan fingerprint density at radius 3 is 2.50 bits per heavy atom. The largest absolute Gasteiger partial charge is 0.478 e. The molecule has 0 radical (unpaired) electrons. The number of aliphatic carboxylic acids is 1. The molecule has 0 amide bonds. The minimum absolute atomic E-state index is 0.0995. The molecule has 0 unspecified atom stereocenters. The second-order valence-electron chi connectivity index (χ2n) is 4.64. The van der Waals surface area contributed by atoms with Crippen LogP contribution in [0.1, 0.15) is 19.4 Å². The highest BCUT2D eigenvalue weighted by Gasteiger charge is 2.29. The summed E-state index contributed by atoms with van der Waals surface area (Å²) < 4.78 is 27.7. The van der Waals surface area contributed by atoms with Crippen molar-refractivity contribution >= 4 is 15.8 Å². The molecule has 1 N–H and O–H groups in total. The van der Waals surface area contributed by atoms with E-state index in [2.05, 4.69) is 0 Å². The summed E-state index contributed by atoms with van der Waals surface area (Å²) in [6.07, 6.45) is 1.14. The maximum absolute atomic E-state index is 11.2. The van der Waals surface area contributed by atoms with Crippen LogP contribution in [0.5, 0.6) is 5.75 Å². The third-order valence-corrected chi connectivity index (χ3v) is 3.07. The fourth-order valence-electron chi connectivity index (χ4n) is 1.34. The zero-order valence-electron chi connectivity index (χ0n) is 10.5. The van der Waals surface area contributed by atoms with Gasteiger partial charge in [-0.15, -0.1) is 0 Å². The Kier molecular flexibility index (Phi) is 4.01.